The van der Waals surface area contributed by atoms with Crippen molar-refractivity contribution in [2.45, 2.75) is 18.3 Å². The average Bonchev–Trinajstić information content (AvgIpc) is 2.65. The zero-order valence-corrected chi connectivity index (χ0v) is 10.3. The predicted octanol–water partition coefficient (Wildman–Crippen LogP) is 1.08. The summed E-state index contributed by atoms with van der Waals surface area (Å²) in [6.45, 7) is 1.74. The Balaban J connectivity index is 1.81. The molecule has 2 aliphatic heterocycles. The van der Waals surface area contributed by atoms with E-state index in [9.17, 15) is 4.79 Å². The molecule has 2 aliphatic rings. The quantitative estimate of drug-likeness (QED) is 0.714. The second kappa shape index (κ2) is 4.73. The minimum Gasteiger partial charge on any atom is -0.481 e. The standard InChI is InChI=1S/C9H15N2O2PS/c12-8(13)6-1-3-11(4-2-6)9-10-7(14)5-15-9/h5-6,9-10H,1-4,14H2,(H,12,13). The topological polar surface area (TPSA) is 52.6 Å². The molecule has 84 valence electrons. The van der Waals surface area contributed by atoms with Crippen LogP contribution in [0.3, 0.4) is 0 Å². The summed E-state index contributed by atoms with van der Waals surface area (Å²) < 4.78 is 0. The highest BCUT2D eigenvalue weighted by atomic mass is 32.2. The summed E-state index contributed by atoms with van der Waals surface area (Å²) in [5.74, 6) is -0.789. The molecule has 0 radical (unpaired) electrons. The lowest BCUT2D eigenvalue weighted by molar-refractivity contribution is -0.143. The Hall–Kier alpha value is -0.250. The summed E-state index contributed by atoms with van der Waals surface area (Å²) in [6, 6.07) is 0. The van der Waals surface area contributed by atoms with Crippen molar-refractivity contribution in [2.24, 2.45) is 5.92 Å². The Bertz CT molecular complexity index is 290. The van der Waals surface area contributed by atoms with E-state index in [-0.39, 0.29) is 5.92 Å². The van der Waals surface area contributed by atoms with E-state index in [2.05, 4.69) is 24.9 Å². The number of carboxylic acids is 1. The molecule has 2 heterocycles. The van der Waals surface area contributed by atoms with E-state index in [0.717, 1.165) is 31.4 Å². The summed E-state index contributed by atoms with van der Waals surface area (Å²) >= 11 is 1.75. The number of carboxylic acid groups (broad SMARTS) is 1. The summed E-state index contributed by atoms with van der Waals surface area (Å²) in [5.41, 5.74) is 1.41. The van der Waals surface area contributed by atoms with Crippen molar-refractivity contribution in [3.05, 3.63) is 10.8 Å². The highest BCUT2D eigenvalue weighted by Gasteiger charge is 2.29. The van der Waals surface area contributed by atoms with Gasteiger partial charge in [0, 0.05) is 18.5 Å². The van der Waals surface area contributed by atoms with Gasteiger partial charge in [-0.05, 0) is 18.2 Å². The van der Waals surface area contributed by atoms with Crippen molar-refractivity contribution >= 4 is 27.0 Å². The Kier molecular flexibility index (Phi) is 3.54. The Labute approximate surface area is 95.7 Å². The van der Waals surface area contributed by atoms with Crippen molar-refractivity contribution in [2.75, 3.05) is 13.1 Å². The maximum absolute atomic E-state index is 10.8. The number of hydrogen-bond acceptors (Lipinski definition) is 4. The van der Waals surface area contributed by atoms with Gasteiger partial charge in [0.2, 0.25) is 0 Å². The fraction of sp³-hybridized carbons (Fsp3) is 0.667. The maximum atomic E-state index is 10.8. The summed E-state index contributed by atoms with van der Waals surface area (Å²) in [4.78, 5) is 13.1. The fourth-order valence-corrected chi connectivity index (χ4v) is 3.35. The molecule has 0 amide bonds. The van der Waals surface area contributed by atoms with Crippen LogP contribution in [0, 0.1) is 5.92 Å². The van der Waals surface area contributed by atoms with Gasteiger partial charge in [0.25, 0.3) is 0 Å². The lowest BCUT2D eigenvalue weighted by Crippen LogP contribution is -2.45. The highest BCUT2D eigenvalue weighted by Crippen LogP contribution is 2.29. The van der Waals surface area contributed by atoms with Crippen LogP contribution in [0.4, 0.5) is 0 Å². The van der Waals surface area contributed by atoms with Gasteiger partial charge in [-0.25, -0.2) is 0 Å². The number of likely N-dealkylation sites (tertiary alicyclic amines) is 1. The van der Waals surface area contributed by atoms with E-state index < -0.39 is 5.97 Å². The fourth-order valence-electron chi connectivity index (χ4n) is 1.91. The van der Waals surface area contributed by atoms with E-state index >= 15 is 0 Å². The smallest absolute Gasteiger partial charge is 0.306 e. The minimum absolute atomic E-state index is 0.143. The maximum Gasteiger partial charge on any atom is 0.306 e. The molecular formula is C9H15N2O2PS. The number of rotatable bonds is 2. The molecule has 2 N–H and O–H groups in total. The lowest BCUT2D eigenvalue weighted by atomic mass is 9.97. The number of piperidine rings is 1. The van der Waals surface area contributed by atoms with Crippen LogP contribution < -0.4 is 5.32 Å². The molecule has 2 unspecified atom stereocenters. The number of nitrogens with zero attached hydrogens (tertiary/aromatic N) is 1. The molecule has 6 heteroatoms. The van der Waals surface area contributed by atoms with Crippen LogP contribution in [0.25, 0.3) is 0 Å². The minimum atomic E-state index is -0.647. The third-order valence-corrected chi connectivity index (χ3v) is 4.46. The lowest BCUT2D eigenvalue weighted by Gasteiger charge is -2.34. The highest BCUT2D eigenvalue weighted by molar-refractivity contribution is 8.03. The Morgan fingerprint density at radius 3 is 2.73 bits per heavy atom. The van der Waals surface area contributed by atoms with E-state index in [4.69, 9.17) is 5.11 Å². The first-order chi connectivity index (χ1) is 7.16. The first-order valence-corrected chi connectivity index (χ1v) is 6.53. The SMILES string of the molecule is O=C(O)C1CCN(C2NC(P)=CS2)CC1. The number of aliphatic carboxylic acids is 1. The Morgan fingerprint density at radius 2 is 2.27 bits per heavy atom. The number of carbonyl (C=O) groups is 1. The van der Waals surface area contributed by atoms with Gasteiger partial charge in [-0.3, -0.25) is 9.69 Å². The zero-order valence-electron chi connectivity index (χ0n) is 8.35. The Morgan fingerprint density at radius 1 is 1.60 bits per heavy atom. The van der Waals surface area contributed by atoms with E-state index in [0.29, 0.717) is 5.50 Å². The molecule has 0 saturated carbocycles. The van der Waals surface area contributed by atoms with Crippen molar-refractivity contribution in [3.63, 3.8) is 0 Å². The summed E-state index contributed by atoms with van der Waals surface area (Å²) in [7, 11) is 2.65. The van der Waals surface area contributed by atoms with Gasteiger partial charge < -0.3 is 10.4 Å². The van der Waals surface area contributed by atoms with Crippen LogP contribution in [0.2, 0.25) is 0 Å². The summed E-state index contributed by atoms with van der Waals surface area (Å²) in [5, 5.41) is 14.3. The van der Waals surface area contributed by atoms with Crippen LogP contribution in [0.15, 0.2) is 10.8 Å². The molecular weight excluding hydrogens is 231 g/mol. The molecule has 0 aromatic rings. The molecule has 4 nitrogen and oxygen atoms in total. The molecule has 15 heavy (non-hydrogen) atoms. The molecule has 0 spiro atoms. The second-order valence-electron chi connectivity index (χ2n) is 3.85. The molecule has 1 fully saturated rings. The van der Waals surface area contributed by atoms with Gasteiger partial charge in [0.1, 0.15) is 5.50 Å². The van der Waals surface area contributed by atoms with Crippen LogP contribution in [-0.4, -0.2) is 34.6 Å². The molecule has 0 aromatic heterocycles. The molecule has 0 bridgehead atoms. The van der Waals surface area contributed by atoms with E-state index in [1.54, 1.807) is 11.8 Å². The van der Waals surface area contributed by atoms with Crippen LogP contribution in [0.1, 0.15) is 12.8 Å². The van der Waals surface area contributed by atoms with Crippen molar-refractivity contribution in [1.82, 2.24) is 10.2 Å². The van der Waals surface area contributed by atoms with Gasteiger partial charge in [-0.2, -0.15) is 0 Å². The number of hydrogen-bond donors (Lipinski definition) is 2. The van der Waals surface area contributed by atoms with Gasteiger partial charge in [0.15, 0.2) is 0 Å². The number of nitrogens with one attached hydrogen (secondary N) is 1. The van der Waals surface area contributed by atoms with Gasteiger partial charge in [-0.1, -0.05) is 21.0 Å². The van der Waals surface area contributed by atoms with Gasteiger partial charge in [-0.15, -0.1) is 0 Å². The predicted molar refractivity (Wildman–Crippen MR) is 64.2 cm³/mol. The molecule has 1 saturated heterocycles. The largest absolute Gasteiger partial charge is 0.481 e. The summed E-state index contributed by atoms with van der Waals surface area (Å²) in [6.07, 6.45) is 1.53. The van der Waals surface area contributed by atoms with Crippen molar-refractivity contribution in [3.8, 4) is 0 Å². The monoisotopic (exact) mass is 246 g/mol. The second-order valence-corrected chi connectivity index (χ2v) is 5.43. The average molecular weight is 246 g/mol. The molecule has 2 rings (SSSR count). The first-order valence-electron chi connectivity index (χ1n) is 5.01. The van der Waals surface area contributed by atoms with Crippen molar-refractivity contribution < 1.29 is 9.90 Å². The normalized spacial score (nSPS) is 28.6. The van der Waals surface area contributed by atoms with Crippen LogP contribution >= 0.6 is 21.0 Å². The van der Waals surface area contributed by atoms with Crippen LogP contribution in [-0.2, 0) is 4.79 Å². The zero-order chi connectivity index (χ0) is 10.8. The van der Waals surface area contributed by atoms with Crippen LogP contribution in [0.5, 0.6) is 0 Å². The molecule has 0 aliphatic carbocycles. The third kappa shape index (κ3) is 2.65. The van der Waals surface area contributed by atoms with E-state index in [1.165, 1.54) is 0 Å². The molecule has 0 aromatic carbocycles. The van der Waals surface area contributed by atoms with Gasteiger partial charge >= 0.3 is 5.97 Å². The number of thioether (sulfide) groups is 1. The molecule has 2 atom stereocenters. The van der Waals surface area contributed by atoms with E-state index in [1.807, 2.05) is 0 Å². The van der Waals surface area contributed by atoms with Crippen molar-refractivity contribution in [1.29, 1.82) is 0 Å². The first kappa shape index (κ1) is 11.2. The third-order valence-electron chi connectivity index (χ3n) is 2.82. The van der Waals surface area contributed by atoms with Gasteiger partial charge in [0.05, 0.1) is 5.92 Å².